The Labute approximate surface area is 84.6 Å². The Morgan fingerprint density at radius 2 is 2.36 bits per heavy atom. The number of rotatable bonds is 3. The van der Waals surface area contributed by atoms with Gasteiger partial charge in [-0.3, -0.25) is 4.79 Å². The molecule has 0 aromatic carbocycles. The smallest absolute Gasteiger partial charge is 0.307 e. The van der Waals surface area contributed by atoms with E-state index in [4.69, 9.17) is 9.52 Å². The lowest BCUT2D eigenvalue weighted by molar-refractivity contribution is -0.136. The summed E-state index contributed by atoms with van der Waals surface area (Å²) < 4.78 is 5.22. The van der Waals surface area contributed by atoms with E-state index >= 15 is 0 Å². The molecule has 72 valence electrons. The first-order chi connectivity index (χ1) is 6.77. The van der Waals surface area contributed by atoms with Crippen LogP contribution in [0, 0.1) is 0 Å². The summed E-state index contributed by atoms with van der Waals surface area (Å²) in [6.07, 6.45) is 1.62. The van der Waals surface area contributed by atoms with Crippen molar-refractivity contribution in [1.82, 2.24) is 0 Å². The molecule has 2 rings (SSSR count). The molecule has 0 saturated carbocycles. The second-order valence-corrected chi connectivity index (χ2v) is 3.74. The first kappa shape index (κ1) is 9.02. The van der Waals surface area contributed by atoms with E-state index in [0.29, 0.717) is 0 Å². The maximum absolute atomic E-state index is 10.6. The van der Waals surface area contributed by atoms with E-state index in [9.17, 15) is 4.79 Å². The van der Waals surface area contributed by atoms with Crippen molar-refractivity contribution in [2.45, 2.75) is 6.42 Å². The maximum atomic E-state index is 10.6. The lowest BCUT2D eigenvalue weighted by Gasteiger charge is -1.96. The first-order valence-electron chi connectivity index (χ1n) is 4.09. The van der Waals surface area contributed by atoms with Gasteiger partial charge in [0.05, 0.1) is 17.6 Å². The first-order valence-corrected chi connectivity index (χ1v) is 4.97. The fraction of sp³-hybridized carbons (Fsp3) is 0.100. The molecule has 0 atom stereocenters. The molecule has 0 aliphatic carbocycles. The number of aliphatic carboxylic acids is 1. The molecule has 0 unspecified atom stereocenters. The van der Waals surface area contributed by atoms with Crippen LogP contribution in [0.3, 0.4) is 0 Å². The van der Waals surface area contributed by atoms with E-state index in [1.807, 2.05) is 17.5 Å². The number of furan rings is 1. The van der Waals surface area contributed by atoms with Gasteiger partial charge in [0.25, 0.3) is 0 Å². The number of thiophene rings is 1. The second kappa shape index (κ2) is 3.67. The van der Waals surface area contributed by atoms with Crippen molar-refractivity contribution in [2.24, 2.45) is 0 Å². The Balaban J connectivity index is 2.35. The van der Waals surface area contributed by atoms with E-state index in [0.717, 1.165) is 16.2 Å². The number of carbonyl (C=O) groups is 1. The molecule has 0 aliphatic heterocycles. The Morgan fingerprint density at radius 3 is 3.00 bits per heavy atom. The monoisotopic (exact) mass is 208 g/mol. The minimum Gasteiger partial charge on any atom is -0.481 e. The molecule has 0 aliphatic rings. The third kappa shape index (κ3) is 1.70. The van der Waals surface area contributed by atoms with Crippen LogP contribution in [-0.2, 0) is 11.2 Å². The molecular formula is C10H8O3S. The quantitative estimate of drug-likeness (QED) is 0.843. The third-order valence-corrected chi connectivity index (χ3v) is 2.80. The van der Waals surface area contributed by atoms with Gasteiger partial charge in [-0.05, 0) is 29.1 Å². The SMILES string of the molecule is O=C(O)Cc1ccsc1-c1ccco1. The zero-order valence-corrected chi connectivity index (χ0v) is 8.08. The second-order valence-electron chi connectivity index (χ2n) is 2.82. The fourth-order valence-electron chi connectivity index (χ4n) is 1.26. The summed E-state index contributed by atoms with van der Waals surface area (Å²) in [6, 6.07) is 5.44. The average Bonchev–Trinajstić information content (AvgIpc) is 2.70. The van der Waals surface area contributed by atoms with Crippen LogP contribution in [0.2, 0.25) is 0 Å². The Hall–Kier alpha value is -1.55. The highest BCUT2D eigenvalue weighted by Gasteiger charge is 2.11. The van der Waals surface area contributed by atoms with Gasteiger partial charge in [0.2, 0.25) is 0 Å². The van der Waals surface area contributed by atoms with Crippen LogP contribution in [0.5, 0.6) is 0 Å². The largest absolute Gasteiger partial charge is 0.481 e. The van der Waals surface area contributed by atoms with Gasteiger partial charge in [-0.15, -0.1) is 11.3 Å². The number of hydrogen-bond acceptors (Lipinski definition) is 3. The van der Waals surface area contributed by atoms with Gasteiger partial charge >= 0.3 is 5.97 Å². The van der Waals surface area contributed by atoms with Crippen LogP contribution >= 0.6 is 11.3 Å². The van der Waals surface area contributed by atoms with Crippen LogP contribution in [0.15, 0.2) is 34.3 Å². The van der Waals surface area contributed by atoms with Gasteiger partial charge in [-0.1, -0.05) is 0 Å². The Bertz CT molecular complexity index is 428. The summed E-state index contributed by atoms with van der Waals surface area (Å²) in [4.78, 5) is 11.5. The molecule has 4 heteroatoms. The minimum absolute atomic E-state index is 0.0412. The summed E-state index contributed by atoms with van der Waals surface area (Å²) in [7, 11) is 0. The molecule has 3 nitrogen and oxygen atoms in total. The highest BCUT2D eigenvalue weighted by Crippen LogP contribution is 2.30. The molecule has 0 bridgehead atoms. The van der Waals surface area contributed by atoms with E-state index in [1.165, 1.54) is 11.3 Å². The lowest BCUT2D eigenvalue weighted by atomic mass is 10.1. The molecule has 0 saturated heterocycles. The standard InChI is InChI=1S/C10H8O3S/c11-9(12)6-7-3-5-14-10(7)8-2-1-4-13-8/h1-5H,6H2,(H,11,12). The fourth-order valence-corrected chi connectivity index (χ4v) is 2.15. The molecule has 0 amide bonds. The van der Waals surface area contributed by atoms with Gasteiger partial charge < -0.3 is 9.52 Å². The van der Waals surface area contributed by atoms with Crippen molar-refractivity contribution < 1.29 is 14.3 Å². The number of carboxylic acid groups (broad SMARTS) is 1. The third-order valence-electron chi connectivity index (χ3n) is 1.83. The summed E-state index contributed by atoms with van der Waals surface area (Å²) in [5.41, 5.74) is 0.803. The predicted molar refractivity (Wildman–Crippen MR) is 53.4 cm³/mol. The van der Waals surface area contributed by atoms with Crippen molar-refractivity contribution in [3.8, 4) is 10.6 Å². The van der Waals surface area contributed by atoms with Crippen LogP contribution in [-0.4, -0.2) is 11.1 Å². The number of hydrogen-bond donors (Lipinski definition) is 1. The molecule has 2 heterocycles. The Morgan fingerprint density at radius 1 is 1.50 bits per heavy atom. The molecule has 0 fully saturated rings. The summed E-state index contributed by atoms with van der Waals surface area (Å²) in [6.45, 7) is 0. The normalized spacial score (nSPS) is 10.3. The molecule has 2 aromatic heterocycles. The average molecular weight is 208 g/mol. The Kier molecular flexibility index (Phi) is 2.37. The van der Waals surface area contributed by atoms with Gasteiger partial charge in [0.1, 0.15) is 5.76 Å². The zero-order valence-electron chi connectivity index (χ0n) is 7.27. The van der Waals surface area contributed by atoms with E-state index in [2.05, 4.69) is 0 Å². The minimum atomic E-state index is -0.823. The van der Waals surface area contributed by atoms with Crippen molar-refractivity contribution in [3.63, 3.8) is 0 Å². The molecule has 0 spiro atoms. The lowest BCUT2D eigenvalue weighted by Crippen LogP contribution is -1.99. The van der Waals surface area contributed by atoms with E-state index in [1.54, 1.807) is 12.3 Å². The molecule has 2 aromatic rings. The summed E-state index contributed by atoms with van der Waals surface area (Å²) in [5.74, 6) is -0.0903. The highest BCUT2D eigenvalue weighted by molar-refractivity contribution is 7.13. The van der Waals surface area contributed by atoms with Gasteiger partial charge in [0.15, 0.2) is 0 Å². The van der Waals surface area contributed by atoms with Crippen LogP contribution in [0.4, 0.5) is 0 Å². The van der Waals surface area contributed by atoms with Crippen molar-refractivity contribution in [3.05, 3.63) is 35.4 Å². The van der Waals surface area contributed by atoms with Gasteiger partial charge in [-0.25, -0.2) is 0 Å². The molecular weight excluding hydrogens is 200 g/mol. The summed E-state index contributed by atoms with van der Waals surface area (Å²) in [5, 5.41) is 10.6. The zero-order chi connectivity index (χ0) is 9.97. The van der Waals surface area contributed by atoms with Gasteiger partial charge in [0, 0.05) is 0 Å². The van der Waals surface area contributed by atoms with E-state index < -0.39 is 5.97 Å². The van der Waals surface area contributed by atoms with Crippen molar-refractivity contribution in [1.29, 1.82) is 0 Å². The van der Waals surface area contributed by atoms with E-state index in [-0.39, 0.29) is 6.42 Å². The van der Waals surface area contributed by atoms with Crippen molar-refractivity contribution in [2.75, 3.05) is 0 Å². The molecule has 1 N–H and O–H groups in total. The van der Waals surface area contributed by atoms with Gasteiger partial charge in [-0.2, -0.15) is 0 Å². The number of carboxylic acids is 1. The highest BCUT2D eigenvalue weighted by atomic mass is 32.1. The molecule has 14 heavy (non-hydrogen) atoms. The topological polar surface area (TPSA) is 50.4 Å². The van der Waals surface area contributed by atoms with Crippen LogP contribution < -0.4 is 0 Å². The van der Waals surface area contributed by atoms with Crippen LogP contribution in [0.25, 0.3) is 10.6 Å². The summed E-state index contributed by atoms with van der Waals surface area (Å²) >= 11 is 1.49. The van der Waals surface area contributed by atoms with Crippen molar-refractivity contribution >= 4 is 17.3 Å². The van der Waals surface area contributed by atoms with Crippen LogP contribution in [0.1, 0.15) is 5.56 Å². The maximum Gasteiger partial charge on any atom is 0.307 e. The molecule has 0 radical (unpaired) electrons. The predicted octanol–water partition coefficient (Wildman–Crippen LogP) is 2.64.